The quantitative estimate of drug-likeness (QED) is 0.286. The highest BCUT2D eigenvalue weighted by atomic mass is 35.5. The second kappa shape index (κ2) is 11.9. The van der Waals surface area contributed by atoms with Crippen molar-refractivity contribution in [1.82, 2.24) is 15.1 Å². The highest BCUT2D eigenvalue weighted by Crippen LogP contribution is 2.36. The molecule has 1 aliphatic heterocycles. The van der Waals surface area contributed by atoms with Gasteiger partial charge in [-0.1, -0.05) is 23.7 Å². The molecule has 1 unspecified atom stereocenters. The number of carbonyl (C=O) groups excluding carboxylic acids is 3. The van der Waals surface area contributed by atoms with Crippen molar-refractivity contribution >= 4 is 35.2 Å². The molecule has 0 bridgehead atoms. The number of carbonyl (C=O) groups is 3. The molecule has 1 N–H and O–H groups in total. The van der Waals surface area contributed by atoms with Crippen LogP contribution in [0.2, 0.25) is 5.02 Å². The van der Waals surface area contributed by atoms with Crippen molar-refractivity contribution in [2.45, 2.75) is 39.3 Å². The van der Waals surface area contributed by atoms with Crippen LogP contribution < -0.4 is 5.32 Å². The molecule has 0 aliphatic carbocycles. The standard InChI is InChI=1S/C26H29ClN4O6/c1-16(2)37-25(33)22-17(3)28-26(34)30(23(22)19-7-5-8-21(15-19)31(35)36)14-6-13-29(4)24(32)18-9-11-20(27)12-10-18/h5,7-12,15-16,23H,6,13-14H2,1-4H3,(H,28,34). The number of non-ortho nitro benzene ring substituents is 1. The SMILES string of the molecule is CC1=C(C(=O)OC(C)C)C(c2cccc([N+](=O)[O-])c2)N(CCCN(C)C(=O)c2ccc(Cl)cc2)C(=O)N1. The zero-order valence-electron chi connectivity index (χ0n) is 21.1. The molecule has 10 nitrogen and oxygen atoms in total. The molecule has 196 valence electrons. The number of nitrogens with zero attached hydrogens (tertiary/aromatic N) is 3. The summed E-state index contributed by atoms with van der Waals surface area (Å²) >= 11 is 5.90. The van der Waals surface area contributed by atoms with E-state index in [0.29, 0.717) is 34.8 Å². The Labute approximate surface area is 220 Å². The summed E-state index contributed by atoms with van der Waals surface area (Å²) in [5, 5.41) is 14.6. The van der Waals surface area contributed by atoms with E-state index >= 15 is 0 Å². The molecule has 1 aliphatic rings. The number of ether oxygens (including phenoxy) is 1. The van der Waals surface area contributed by atoms with Crippen LogP contribution in [0.1, 0.15) is 49.2 Å². The van der Waals surface area contributed by atoms with Gasteiger partial charge in [-0.15, -0.1) is 0 Å². The van der Waals surface area contributed by atoms with Gasteiger partial charge in [0.05, 0.1) is 22.6 Å². The van der Waals surface area contributed by atoms with E-state index in [9.17, 15) is 24.5 Å². The summed E-state index contributed by atoms with van der Waals surface area (Å²) in [4.78, 5) is 52.7. The number of nitro benzene ring substituents is 1. The molecule has 0 saturated carbocycles. The Hall–Kier alpha value is -3.92. The maximum atomic E-state index is 13.1. The molecule has 3 rings (SSSR count). The molecule has 37 heavy (non-hydrogen) atoms. The first kappa shape index (κ1) is 27.7. The average Bonchev–Trinajstić information content (AvgIpc) is 2.84. The molecular formula is C26H29ClN4O6. The molecular weight excluding hydrogens is 500 g/mol. The summed E-state index contributed by atoms with van der Waals surface area (Å²) < 4.78 is 5.43. The average molecular weight is 529 g/mol. The minimum Gasteiger partial charge on any atom is -0.459 e. The molecule has 2 aromatic rings. The van der Waals surface area contributed by atoms with E-state index in [4.69, 9.17) is 16.3 Å². The molecule has 11 heteroatoms. The third-order valence-corrected chi connectivity index (χ3v) is 6.09. The molecule has 0 spiro atoms. The van der Waals surface area contributed by atoms with Crippen LogP contribution in [0.3, 0.4) is 0 Å². The minimum atomic E-state index is -0.905. The van der Waals surface area contributed by atoms with Crippen LogP contribution in [0.4, 0.5) is 10.5 Å². The van der Waals surface area contributed by atoms with E-state index in [1.54, 1.807) is 58.2 Å². The van der Waals surface area contributed by atoms with Gasteiger partial charge in [0.25, 0.3) is 11.6 Å². The van der Waals surface area contributed by atoms with Gasteiger partial charge in [0.1, 0.15) is 0 Å². The lowest BCUT2D eigenvalue weighted by atomic mass is 9.93. The molecule has 2 aromatic carbocycles. The second-order valence-electron chi connectivity index (χ2n) is 8.96. The number of rotatable bonds is 9. The number of esters is 1. The van der Waals surface area contributed by atoms with Crippen LogP contribution >= 0.6 is 11.6 Å². The summed E-state index contributed by atoms with van der Waals surface area (Å²) in [6, 6.07) is 11.0. The first-order valence-electron chi connectivity index (χ1n) is 11.7. The van der Waals surface area contributed by atoms with Crippen LogP contribution in [0.25, 0.3) is 0 Å². The number of hydrogen-bond donors (Lipinski definition) is 1. The monoisotopic (exact) mass is 528 g/mol. The van der Waals surface area contributed by atoms with Gasteiger partial charge in [-0.3, -0.25) is 14.9 Å². The maximum absolute atomic E-state index is 13.1. The van der Waals surface area contributed by atoms with Crippen molar-refractivity contribution in [3.8, 4) is 0 Å². The van der Waals surface area contributed by atoms with Gasteiger partial charge in [0.2, 0.25) is 0 Å². The topological polar surface area (TPSA) is 122 Å². The Balaban J connectivity index is 1.87. The van der Waals surface area contributed by atoms with Gasteiger partial charge in [-0.2, -0.15) is 0 Å². The highest BCUT2D eigenvalue weighted by Gasteiger charge is 2.39. The van der Waals surface area contributed by atoms with Gasteiger partial charge >= 0.3 is 12.0 Å². The van der Waals surface area contributed by atoms with Crippen LogP contribution in [0, 0.1) is 10.1 Å². The fraction of sp³-hybridized carbons (Fsp3) is 0.346. The van der Waals surface area contributed by atoms with E-state index in [2.05, 4.69) is 5.32 Å². The Kier molecular flexibility index (Phi) is 8.88. The number of benzene rings is 2. The Morgan fingerprint density at radius 2 is 1.89 bits per heavy atom. The number of hydrogen-bond acceptors (Lipinski definition) is 6. The van der Waals surface area contributed by atoms with Crippen molar-refractivity contribution in [3.05, 3.63) is 86.1 Å². The Morgan fingerprint density at radius 1 is 1.22 bits per heavy atom. The second-order valence-corrected chi connectivity index (χ2v) is 9.39. The Bertz CT molecular complexity index is 1230. The molecule has 1 atom stereocenters. The van der Waals surface area contributed by atoms with Gasteiger partial charge < -0.3 is 19.9 Å². The fourth-order valence-electron chi connectivity index (χ4n) is 4.10. The van der Waals surface area contributed by atoms with Gasteiger partial charge in [-0.05, 0) is 57.0 Å². The number of halogens is 1. The maximum Gasteiger partial charge on any atom is 0.338 e. The summed E-state index contributed by atoms with van der Waals surface area (Å²) in [7, 11) is 1.65. The molecule has 3 amide bonds. The third-order valence-electron chi connectivity index (χ3n) is 5.83. The molecule has 0 saturated heterocycles. The lowest BCUT2D eigenvalue weighted by Gasteiger charge is -2.38. The highest BCUT2D eigenvalue weighted by molar-refractivity contribution is 6.30. The fourth-order valence-corrected chi connectivity index (χ4v) is 4.22. The zero-order chi connectivity index (χ0) is 27.3. The van der Waals surface area contributed by atoms with Crippen LogP contribution in [-0.2, 0) is 9.53 Å². The zero-order valence-corrected chi connectivity index (χ0v) is 21.8. The van der Waals surface area contributed by atoms with Crippen molar-refractivity contribution in [3.63, 3.8) is 0 Å². The molecule has 0 aromatic heterocycles. The van der Waals surface area contributed by atoms with Gasteiger partial charge in [0.15, 0.2) is 0 Å². The third kappa shape index (κ3) is 6.65. The van der Waals surface area contributed by atoms with Crippen molar-refractivity contribution in [1.29, 1.82) is 0 Å². The molecule has 0 radical (unpaired) electrons. The summed E-state index contributed by atoms with van der Waals surface area (Å²) in [5.41, 5.74) is 1.24. The predicted molar refractivity (Wildman–Crippen MR) is 138 cm³/mol. The van der Waals surface area contributed by atoms with Crippen molar-refractivity contribution < 1.29 is 24.0 Å². The Morgan fingerprint density at radius 3 is 2.51 bits per heavy atom. The van der Waals surface area contributed by atoms with Crippen LogP contribution in [-0.4, -0.2) is 58.9 Å². The van der Waals surface area contributed by atoms with Gasteiger partial charge in [-0.25, -0.2) is 9.59 Å². The largest absolute Gasteiger partial charge is 0.459 e. The first-order valence-corrected chi connectivity index (χ1v) is 12.1. The minimum absolute atomic E-state index is 0.161. The van der Waals surface area contributed by atoms with Crippen molar-refractivity contribution in [2.75, 3.05) is 20.1 Å². The lowest BCUT2D eigenvalue weighted by Crippen LogP contribution is -2.49. The van der Waals surface area contributed by atoms with Crippen molar-refractivity contribution in [2.24, 2.45) is 0 Å². The number of urea groups is 1. The lowest BCUT2D eigenvalue weighted by molar-refractivity contribution is -0.384. The first-order chi connectivity index (χ1) is 17.5. The smallest absolute Gasteiger partial charge is 0.338 e. The van der Waals surface area contributed by atoms with Crippen LogP contribution in [0.5, 0.6) is 0 Å². The van der Waals surface area contributed by atoms with E-state index in [0.717, 1.165) is 0 Å². The van der Waals surface area contributed by atoms with E-state index in [1.807, 2.05) is 0 Å². The summed E-state index contributed by atoms with van der Waals surface area (Å²) in [5.74, 6) is -0.823. The number of nitrogens with one attached hydrogen (secondary N) is 1. The van der Waals surface area contributed by atoms with E-state index in [1.165, 1.54) is 28.0 Å². The summed E-state index contributed by atoms with van der Waals surface area (Å²) in [6.07, 6.45) is -0.0163. The number of allylic oxidation sites excluding steroid dienone is 1. The normalized spacial score (nSPS) is 15.5. The van der Waals surface area contributed by atoms with E-state index < -0.39 is 29.1 Å². The number of nitro groups is 1. The molecule has 1 heterocycles. The molecule has 0 fully saturated rings. The summed E-state index contributed by atoms with van der Waals surface area (Å²) in [6.45, 7) is 5.51. The predicted octanol–water partition coefficient (Wildman–Crippen LogP) is 4.70. The number of amides is 3. The van der Waals surface area contributed by atoms with E-state index in [-0.39, 0.29) is 23.7 Å². The van der Waals surface area contributed by atoms with Crippen LogP contribution in [0.15, 0.2) is 59.8 Å². The van der Waals surface area contributed by atoms with Gasteiger partial charge in [0, 0.05) is 48.6 Å².